The van der Waals surface area contributed by atoms with E-state index < -0.39 is 7.60 Å². The Morgan fingerprint density at radius 1 is 1.33 bits per heavy atom. The maximum Gasteiger partial charge on any atom is 0.356 e. The first kappa shape index (κ1) is 13.1. The average Bonchev–Trinajstić information content (AvgIpc) is 2.68. The highest BCUT2D eigenvalue weighted by atomic mass is 31.2. The SMILES string of the molecule is CCOP(=O)(COC1CCCO1)OCC. The molecule has 1 unspecified atom stereocenters. The molecule has 1 heterocycles. The van der Waals surface area contributed by atoms with Crippen LogP contribution in [0.5, 0.6) is 0 Å². The minimum atomic E-state index is -3.07. The lowest BCUT2D eigenvalue weighted by atomic mass is 10.4. The molecule has 1 saturated heterocycles. The lowest BCUT2D eigenvalue weighted by Gasteiger charge is -2.18. The monoisotopic (exact) mass is 238 g/mol. The van der Waals surface area contributed by atoms with Gasteiger partial charge in [0.2, 0.25) is 0 Å². The van der Waals surface area contributed by atoms with Gasteiger partial charge in [-0.2, -0.15) is 0 Å². The van der Waals surface area contributed by atoms with Crippen LogP contribution in [0.4, 0.5) is 0 Å². The molecule has 0 saturated carbocycles. The van der Waals surface area contributed by atoms with Crippen LogP contribution in [0, 0.1) is 0 Å². The average molecular weight is 238 g/mol. The second-order valence-corrected chi connectivity index (χ2v) is 5.18. The highest BCUT2D eigenvalue weighted by Crippen LogP contribution is 2.48. The Morgan fingerprint density at radius 2 is 2.00 bits per heavy atom. The van der Waals surface area contributed by atoms with Crippen molar-refractivity contribution in [2.45, 2.75) is 33.0 Å². The molecule has 0 radical (unpaired) electrons. The molecule has 0 N–H and O–H groups in total. The van der Waals surface area contributed by atoms with Crippen molar-refractivity contribution in [2.75, 3.05) is 26.2 Å². The Hall–Kier alpha value is 0.0700. The number of ether oxygens (including phenoxy) is 2. The van der Waals surface area contributed by atoms with Crippen LogP contribution in [0.2, 0.25) is 0 Å². The van der Waals surface area contributed by atoms with Gasteiger partial charge in [0.25, 0.3) is 0 Å². The van der Waals surface area contributed by atoms with Crippen molar-refractivity contribution in [3.05, 3.63) is 0 Å². The van der Waals surface area contributed by atoms with E-state index in [1.165, 1.54) is 0 Å². The first-order valence-electron chi connectivity index (χ1n) is 5.31. The molecule has 0 aromatic carbocycles. The summed E-state index contributed by atoms with van der Waals surface area (Å²) >= 11 is 0. The first-order chi connectivity index (χ1) is 7.20. The molecule has 0 amide bonds. The molecule has 0 aliphatic carbocycles. The lowest BCUT2D eigenvalue weighted by molar-refractivity contribution is -0.0999. The fraction of sp³-hybridized carbons (Fsp3) is 1.00. The third-order valence-corrected chi connectivity index (χ3v) is 3.73. The van der Waals surface area contributed by atoms with Crippen molar-refractivity contribution >= 4 is 7.60 Å². The van der Waals surface area contributed by atoms with Crippen LogP contribution < -0.4 is 0 Å². The Balaban J connectivity index is 2.32. The molecule has 0 aromatic heterocycles. The molecule has 1 atom stereocenters. The topological polar surface area (TPSA) is 54.0 Å². The lowest BCUT2D eigenvalue weighted by Crippen LogP contribution is -2.13. The van der Waals surface area contributed by atoms with Gasteiger partial charge < -0.3 is 18.5 Å². The minimum Gasteiger partial charge on any atom is -0.353 e. The zero-order valence-electron chi connectivity index (χ0n) is 9.31. The Labute approximate surface area is 90.6 Å². The quantitative estimate of drug-likeness (QED) is 0.637. The molecule has 5 nitrogen and oxygen atoms in total. The van der Waals surface area contributed by atoms with Gasteiger partial charge in [0.05, 0.1) is 13.2 Å². The van der Waals surface area contributed by atoms with E-state index in [-0.39, 0.29) is 12.6 Å². The van der Waals surface area contributed by atoms with Gasteiger partial charge in [-0.15, -0.1) is 0 Å². The smallest absolute Gasteiger partial charge is 0.353 e. The number of hydrogen-bond donors (Lipinski definition) is 0. The second-order valence-electron chi connectivity index (χ2n) is 3.18. The molecule has 15 heavy (non-hydrogen) atoms. The third-order valence-electron chi connectivity index (χ3n) is 1.96. The molecule has 6 heteroatoms. The second kappa shape index (κ2) is 6.61. The Bertz CT molecular complexity index is 205. The van der Waals surface area contributed by atoms with E-state index in [9.17, 15) is 4.57 Å². The summed E-state index contributed by atoms with van der Waals surface area (Å²) in [5.74, 6) is 0. The molecule has 1 aliphatic heterocycles. The van der Waals surface area contributed by atoms with Crippen LogP contribution in [0.1, 0.15) is 26.7 Å². The summed E-state index contributed by atoms with van der Waals surface area (Å²) in [5.41, 5.74) is 0. The van der Waals surface area contributed by atoms with Crippen molar-refractivity contribution in [1.29, 1.82) is 0 Å². The van der Waals surface area contributed by atoms with E-state index in [2.05, 4.69) is 0 Å². The summed E-state index contributed by atoms with van der Waals surface area (Å²) in [5, 5.41) is 0. The molecule has 1 fully saturated rings. The van der Waals surface area contributed by atoms with E-state index in [0.29, 0.717) is 19.8 Å². The highest BCUT2D eigenvalue weighted by Gasteiger charge is 2.27. The minimum absolute atomic E-state index is 0.0284. The van der Waals surface area contributed by atoms with E-state index in [1.807, 2.05) is 0 Å². The van der Waals surface area contributed by atoms with Crippen LogP contribution in [0.15, 0.2) is 0 Å². The van der Waals surface area contributed by atoms with Crippen LogP contribution in [-0.4, -0.2) is 32.5 Å². The standard InChI is InChI=1S/C9H19O5P/c1-3-13-15(10,14-4-2)8-12-9-6-5-7-11-9/h9H,3-8H2,1-2H3. The molecule has 0 aromatic rings. The Kier molecular flexibility index (Phi) is 5.79. The number of rotatable bonds is 7. The molecular weight excluding hydrogens is 219 g/mol. The summed E-state index contributed by atoms with van der Waals surface area (Å²) in [6.45, 7) is 4.96. The summed E-state index contributed by atoms with van der Waals surface area (Å²) in [6, 6.07) is 0. The van der Waals surface area contributed by atoms with Crippen molar-refractivity contribution < 1.29 is 23.1 Å². The predicted octanol–water partition coefficient (Wildman–Crippen LogP) is 2.36. The zero-order chi connectivity index (χ0) is 11.1. The fourth-order valence-electron chi connectivity index (χ4n) is 1.36. The van der Waals surface area contributed by atoms with Crippen molar-refractivity contribution in [2.24, 2.45) is 0 Å². The maximum atomic E-state index is 11.9. The zero-order valence-corrected chi connectivity index (χ0v) is 10.2. The van der Waals surface area contributed by atoms with Crippen molar-refractivity contribution in [3.63, 3.8) is 0 Å². The van der Waals surface area contributed by atoms with Crippen LogP contribution in [0.3, 0.4) is 0 Å². The molecule has 1 aliphatic rings. The van der Waals surface area contributed by atoms with Gasteiger partial charge in [0.15, 0.2) is 12.6 Å². The van der Waals surface area contributed by atoms with Crippen LogP contribution >= 0.6 is 7.60 Å². The van der Waals surface area contributed by atoms with Crippen LogP contribution in [0.25, 0.3) is 0 Å². The summed E-state index contributed by atoms with van der Waals surface area (Å²) in [6.07, 6.45) is 1.55. The van der Waals surface area contributed by atoms with Gasteiger partial charge in [-0.25, -0.2) is 0 Å². The first-order valence-corrected chi connectivity index (χ1v) is 7.04. The van der Waals surface area contributed by atoms with E-state index in [0.717, 1.165) is 12.8 Å². The molecule has 90 valence electrons. The van der Waals surface area contributed by atoms with Gasteiger partial charge >= 0.3 is 7.60 Å². The van der Waals surface area contributed by atoms with Gasteiger partial charge in [0.1, 0.15) is 0 Å². The predicted molar refractivity (Wildman–Crippen MR) is 55.8 cm³/mol. The maximum absolute atomic E-state index is 11.9. The summed E-state index contributed by atoms with van der Waals surface area (Å²) < 4.78 is 32.7. The highest BCUT2D eigenvalue weighted by molar-refractivity contribution is 7.53. The Morgan fingerprint density at radius 3 is 2.47 bits per heavy atom. The number of hydrogen-bond acceptors (Lipinski definition) is 5. The van der Waals surface area contributed by atoms with Crippen molar-refractivity contribution in [3.8, 4) is 0 Å². The van der Waals surface area contributed by atoms with Gasteiger partial charge in [-0.3, -0.25) is 4.57 Å². The van der Waals surface area contributed by atoms with Gasteiger partial charge in [0, 0.05) is 13.0 Å². The third kappa shape index (κ3) is 4.62. The summed E-state index contributed by atoms with van der Waals surface area (Å²) in [4.78, 5) is 0. The largest absolute Gasteiger partial charge is 0.356 e. The van der Waals surface area contributed by atoms with E-state index in [4.69, 9.17) is 18.5 Å². The van der Waals surface area contributed by atoms with E-state index >= 15 is 0 Å². The molecule has 0 spiro atoms. The van der Waals surface area contributed by atoms with Crippen LogP contribution in [-0.2, 0) is 23.1 Å². The fourth-order valence-corrected chi connectivity index (χ4v) is 2.72. The summed E-state index contributed by atoms with van der Waals surface area (Å²) in [7, 11) is -3.07. The van der Waals surface area contributed by atoms with Gasteiger partial charge in [-0.05, 0) is 20.3 Å². The molecule has 0 bridgehead atoms. The normalized spacial score (nSPS) is 22.1. The van der Waals surface area contributed by atoms with Gasteiger partial charge in [-0.1, -0.05) is 0 Å². The van der Waals surface area contributed by atoms with E-state index in [1.54, 1.807) is 13.8 Å². The van der Waals surface area contributed by atoms with Crippen molar-refractivity contribution in [1.82, 2.24) is 0 Å². The molecule has 1 rings (SSSR count). The molecular formula is C9H19O5P.